The van der Waals surface area contributed by atoms with Crippen LogP contribution in [0, 0.1) is 11.6 Å². The molecule has 0 aliphatic heterocycles. The summed E-state index contributed by atoms with van der Waals surface area (Å²) in [6, 6.07) is 1.33. The Morgan fingerprint density at radius 3 is 2.11 bits per heavy atom. The summed E-state index contributed by atoms with van der Waals surface area (Å²) in [6.45, 7) is 4.22. The van der Waals surface area contributed by atoms with Crippen molar-refractivity contribution in [2.75, 3.05) is 18.8 Å². The van der Waals surface area contributed by atoms with E-state index in [0.717, 1.165) is 6.07 Å². The van der Waals surface area contributed by atoms with Crippen molar-refractivity contribution >= 4 is 15.7 Å². The summed E-state index contributed by atoms with van der Waals surface area (Å²) in [5, 5.41) is 0. The summed E-state index contributed by atoms with van der Waals surface area (Å²) in [5.74, 6) is -2.09. The Bertz CT molecular complexity index is 541. The van der Waals surface area contributed by atoms with Gasteiger partial charge in [-0.25, -0.2) is 17.2 Å². The van der Waals surface area contributed by atoms with Gasteiger partial charge in [0.15, 0.2) is 0 Å². The maximum Gasteiger partial charge on any atom is 0.246 e. The standard InChI is InChI=1S/C12H18F2N2O2S/c1-3-5-16(6-4-2)19(17,18)12-8-11(15)9(13)7-10(12)14/h7-8H,3-6,15H2,1-2H3. The lowest BCUT2D eigenvalue weighted by atomic mass is 10.3. The van der Waals surface area contributed by atoms with Crippen LogP contribution in [0.3, 0.4) is 0 Å². The predicted octanol–water partition coefficient (Wildman–Crippen LogP) is 2.36. The fraction of sp³-hybridized carbons (Fsp3) is 0.500. The minimum atomic E-state index is -3.98. The summed E-state index contributed by atoms with van der Waals surface area (Å²) >= 11 is 0. The molecule has 1 aromatic carbocycles. The highest BCUT2D eigenvalue weighted by Crippen LogP contribution is 2.24. The van der Waals surface area contributed by atoms with Crippen LogP contribution >= 0.6 is 0 Å². The molecule has 108 valence electrons. The van der Waals surface area contributed by atoms with E-state index in [1.165, 1.54) is 4.31 Å². The van der Waals surface area contributed by atoms with Crippen molar-refractivity contribution in [1.29, 1.82) is 0 Å². The quantitative estimate of drug-likeness (QED) is 0.819. The predicted molar refractivity (Wildman–Crippen MR) is 70.1 cm³/mol. The average Bonchev–Trinajstić information content (AvgIpc) is 2.33. The van der Waals surface area contributed by atoms with E-state index < -0.39 is 26.6 Å². The van der Waals surface area contributed by atoms with Crippen LogP contribution in [0.4, 0.5) is 14.5 Å². The number of rotatable bonds is 6. The van der Waals surface area contributed by atoms with Crippen molar-refractivity contribution in [3.05, 3.63) is 23.8 Å². The summed E-state index contributed by atoms with van der Waals surface area (Å²) in [4.78, 5) is -0.576. The van der Waals surface area contributed by atoms with E-state index in [0.29, 0.717) is 18.9 Å². The molecule has 0 heterocycles. The molecule has 1 aromatic rings. The molecule has 0 bridgehead atoms. The van der Waals surface area contributed by atoms with E-state index in [9.17, 15) is 17.2 Å². The zero-order chi connectivity index (χ0) is 14.6. The molecule has 0 saturated heterocycles. The molecule has 0 atom stereocenters. The fourth-order valence-electron chi connectivity index (χ4n) is 1.73. The first-order chi connectivity index (χ1) is 8.84. The third kappa shape index (κ3) is 3.42. The monoisotopic (exact) mass is 292 g/mol. The van der Waals surface area contributed by atoms with Crippen molar-refractivity contribution in [2.24, 2.45) is 0 Å². The molecule has 0 aromatic heterocycles. The second-order valence-corrected chi connectivity index (χ2v) is 6.11. The van der Waals surface area contributed by atoms with Crippen molar-refractivity contribution in [2.45, 2.75) is 31.6 Å². The lowest BCUT2D eigenvalue weighted by Gasteiger charge is -2.21. The SMILES string of the molecule is CCCN(CCC)S(=O)(=O)c1cc(N)c(F)cc1F. The number of nitrogens with two attached hydrogens (primary N) is 1. The number of nitrogens with zero attached hydrogens (tertiary/aromatic N) is 1. The van der Waals surface area contributed by atoms with E-state index in [1.807, 2.05) is 13.8 Å². The number of anilines is 1. The molecule has 2 N–H and O–H groups in total. The maximum absolute atomic E-state index is 13.7. The van der Waals surface area contributed by atoms with Gasteiger partial charge in [0.05, 0.1) is 5.69 Å². The molecule has 1 rings (SSSR count). The van der Waals surface area contributed by atoms with Gasteiger partial charge in [0.25, 0.3) is 0 Å². The third-order valence-electron chi connectivity index (χ3n) is 2.62. The Morgan fingerprint density at radius 1 is 1.11 bits per heavy atom. The molecule has 19 heavy (non-hydrogen) atoms. The topological polar surface area (TPSA) is 63.4 Å². The number of hydrogen-bond donors (Lipinski definition) is 1. The first-order valence-electron chi connectivity index (χ1n) is 6.09. The van der Waals surface area contributed by atoms with Gasteiger partial charge in [-0.3, -0.25) is 0 Å². The summed E-state index contributed by atoms with van der Waals surface area (Å²) in [5.41, 5.74) is 4.93. The van der Waals surface area contributed by atoms with E-state index in [-0.39, 0.29) is 18.8 Å². The molecule has 0 unspecified atom stereocenters. The lowest BCUT2D eigenvalue weighted by Crippen LogP contribution is -2.33. The zero-order valence-corrected chi connectivity index (χ0v) is 11.8. The minimum absolute atomic E-state index is 0.285. The van der Waals surface area contributed by atoms with Gasteiger partial charge < -0.3 is 5.73 Å². The Balaban J connectivity index is 3.28. The van der Waals surface area contributed by atoms with E-state index in [4.69, 9.17) is 5.73 Å². The van der Waals surface area contributed by atoms with Gasteiger partial charge in [0.2, 0.25) is 10.0 Å². The molecular formula is C12H18F2N2O2S. The van der Waals surface area contributed by atoms with Crippen LogP contribution in [0.2, 0.25) is 0 Å². The largest absolute Gasteiger partial charge is 0.396 e. The van der Waals surface area contributed by atoms with Crippen molar-refractivity contribution < 1.29 is 17.2 Å². The van der Waals surface area contributed by atoms with Crippen LogP contribution in [0.25, 0.3) is 0 Å². The van der Waals surface area contributed by atoms with Crippen LogP contribution < -0.4 is 5.73 Å². The smallest absolute Gasteiger partial charge is 0.246 e. The van der Waals surface area contributed by atoms with Gasteiger partial charge in [-0.2, -0.15) is 4.31 Å². The van der Waals surface area contributed by atoms with Crippen LogP contribution in [0.15, 0.2) is 17.0 Å². The highest BCUT2D eigenvalue weighted by Gasteiger charge is 2.27. The second kappa shape index (κ2) is 6.29. The van der Waals surface area contributed by atoms with E-state index in [1.54, 1.807) is 0 Å². The molecule has 4 nitrogen and oxygen atoms in total. The molecule has 0 aliphatic carbocycles. The van der Waals surface area contributed by atoms with Crippen LogP contribution in [-0.2, 0) is 10.0 Å². The zero-order valence-electron chi connectivity index (χ0n) is 11.0. The lowest BCUT2D eigenvalue weighted by molar-refractivity contribution is 0.406. The highest BCUT2D eigenvalue weighted by atomic mass is 32.2. The highest BCUT2D eigenvalue weighted by molar-refractivity contribution is 7.89. The Labute approximate surface area is 112 Å². The van der Waals surface area contributed by atoms with Crippen molar-refractivity contribution in [1.82, 2.24) is 4.31 Å². The van der Waals surface area contributed by atoms with Crippen LogP contribution in [0.5, 0.6) is 0 Å². The van der Waals surface area contributed by atoms with Crippen LogP contribution in [0.1, 0.15) is 26.7 Å². The molecular weight excluding hydrogens is 274 g/mol. The normalized spacial score (nSPS) is 12.1. The van der Waals surface area contributed by atoms with Crippen molar-refractivity contribution in [3.8, 4) is 0 Å². The van der Waals surface area contributed by atoms with Gasteiger partial charge in [-0.15, -0.1) is 0 Å². The Kier molecular flexibility index (Phi) is 5.25. The molecule has 0 radical (unpaired) electrons. The summed E-state index contributed by atoms with van der Waals surface area (Å²) in [6.07, 6.45) is 1.22. The van der Waals surface area contributed by atoms with Crippen molar-refractivity contribution in [3.63, 3.8) is 0 Å². The molecule has 0 fully saturated rings. The molecule has 0 amide bonds. The van der Waals surface area contributed by atoms with Gasteiger partial charge in [0.1, 0.15) is 16.5 Å². The van der Waals surface area contributed by atoms with Gasteiger partial charge in [-0.05, 0) is 18.9 Å². The number of nitrogen functional groups attached to an aromatic ring is 1. The number of benzene rings is 1. The Hall–Kier alpha value is -1.21. The molecule has 7 heteroatoms. The Morgan fingerprint density at radius 2 is 1.63 bits per heavy atom. The first-order valence-corrected chi connectivity index (χ1v) is 7.53. The number of halogens is 2. The van der Waals surface area contributed by atoms with Crippen LogP contribution in [-0.4, -0.2) is 25.8 Å². The van der Waals surface area contributed by atoms with E-state index in [2.05, 4.69) is 0 Å². The average molecular weight is 292 g/mol. The first kappa shape index (κ1) is 15.8. The minimum Gasteiger partial charge on any atom is -0.396 e. The number of sulfonamides is 1. The van der Waals surface area contributed by atoms with Gasteiger partial charge in [-0.1, -0.05) is 13.8 Å². The van der Waals surface area contributed by atoms with Gasteiger partial charge in [0, 0.05) is 19.2 Å². The molecule has 0 aliphatic rings. The second-order valence-electron chi connectivity index (χ2n) is 4.21. The fourth-order valence-corrected chi connectivity index (χ4v) is 3.44. The van der Waals surface area contributed by atoms with Gasteiger partial charge >= 0.3 is 0 Å². The summed E-state index contributed by atoms with van der Waals surface area (Å²) in [7, 11) is -3.98. The number of hydrogen-bond acceptors (Lipinski definition) is 3. The summed E-state index contributed by atoms with van der Waals surface area (Å²) < 4.78 is 52.5. The molecule has 0 saturated carbocycles. The maximum atomic E-state index is 13.7. The van der Waals surface area contributed by atoms with E-state index >= 15 is 0 Å². The third-order valence-corrected chi connectivity index (χ3v) is 4.53. The molecule has 0 spiro atoms.